The summed E-state index contributed by atoms with van der Waals surface area (Å²) in [5.74, 6) is 0.339. The molecule has 0 radical (unpaired) electrons. The van der Waals surface area contributed by atoms with Crippen LogP contribution in [0.15, 0.2) is 70.4 Å². The van der Waals surface area contributed by atoms with Gasteiger partial charge in [-0.05, 0) is 74.0 Å². The van der Waals surface area contributed by atoms with Crippen molar-refractivity contribution in [3.8, 4) is 11.5 Å². The summed E-state index contributed by atoms with van der Waals surface area (Å²) in [4.78, 5) is 25.5. The van der Waals surface area contributed by atoms with E-state index in [2.05, 4.69) is 5.32 Å². The first kappa shape index (κ1) is 24.8. The van der Waals surface area contributed by atoms with Gasteiger partial charge in [0.25, 0.3) is 15.9 Å². The van der Waals surface area contributed by atoms with Gasteiger partial charge in [0.1, 0.15) is 11.5 Å². The van der Waals surface area contributed by atoms with E-state index < -0.39 is 22.0 Å². The van der Waals surface area contributed by atoms with E-state index in [9.17, 15) is 18.0 Å². The van der Waals surface area contributed by atoms with Crippen molar-refractivity contribution in [2.24, 2.45) is 0 Å². The van der Waals surface area contributed by atoms with Crippen LogP contribution in [0.4, 0.5) is 11.4 Å². The zero-order valence-corrected chi connectivity index (χ0v) is 22.1. The molecule has 0 bridgehead atoms. The van der Waals surface area contributed by atoms with E-state index in [1.165, 1.54) is 23.5 Å². The van der Waals surface area contributed by atoms with Crippen LogP contribution in [0.1, 0.15) is 12.5 Å². The van der Waals surface area contributed by atoms with Crippen LogP contribution in [-0.4, -0.2) is 38.7 Å². The normalized spacial score (nSPS) is 15.2. The van der Waals surface area contributed by atoms with Crippen LogP contribution in [0.3, 0.4) is 0 Å². The number of nitrogens with zero attached hydrogens (tertiary/aromatic N) is 2. The molecule has 1 aromatic heterocycles. The van der Waals surface area contributed by atoms with Crippen molar-refractivity contribution in [2.45, 2.75) is 31.4 Å². The van der Waals surface area contributed by atoms with E-state index in [0.29, 0.717) is 29.4 Å². The number of aromatic nitrogens is 1. The lowest BCUT2D eigenvalue weighted by Gasteiger charge is -2.35. The highest BCUT2D eigenvalue weighted by molar-refractivity contribution is 7.92. The van der Waals surface area contributed by atoms with E-state index in [0.717, 1.165) is 27.1 Å². The second kappa shape index (κ2) is 9.56. The van der Waals surface area contributed by atoms with Gasteiger partial charge < -0.3 is 14.8 Å². The molecule has 4 aromatic rings. The summed E-state index contributed by atoms with van der Waals surface area (Å²) in [5.41, 5.74) is 2.51. The second-order valence-corrected chi connectivity index (χ2v) is 11.4. The number of methoxy groups -OCH3 is 1. The van der Waals surface area contributed by atoms with Gasteiger partial charge in [-0.15, -0.1) is 0 Å². The number of amides is 1. The minimum absolute atomic E-state index is 0.0667. The zero-order valence-electron chi connectivity index (χ0n) is 20.4. The van der Waals surface area contributed by atoms with Crippen LogP contribution in [0, 0.1) is 6.92 Å². The predicted molar refractivity (Wildman–Crippen MR) is 144 cm³/mol. The van der Waals surface area contributed by atoms with Gasteiger partial charge in [-0.1, -0.05) is 17.4 Å². The molecule has 0 aliphatic carbocycles. The lowest BCUT2D eigenvalue weighted by molar-refractivity contribution is -0.122. The van der Waals surface area contributed by atoms with Crippen molar-refractivity contribution in [2.75, 3.05) is 23.3 Å². The minimum Gasteiger partial charge on any atom is -0.497 e. The van der Waals surface area contributed by atoms with Crippen LogP contribution in [-0.2, 0) is 21.4 Å². The number of thiazole rings is 1. The van der Waals surface area contributed by atoms with Gasteiger partial charge in [-0.3, -0.25) is 18.5 Å². The third-order valence-electron chi connectivity index (χ3n) is 6.18. The first-order chi connectivity index (χ1) is 17.7. The van der Waals surface area contributed by atoms with Gasteiger partial charge in [0.2, 0.25) is 0 Å². The molecule has 1 amide bonds. The SMILES string of the molecule is CCn1c(=O)sc2cc(NC(=O)C3CN(S(=O)(=O)c4ccc(OC)cc4)c4ccc(C)cc4O3)ccc21. The monoisotopic (exact) mass is 539 g/mol. The maximum atomic E-state index is 13.6. The number of ether oxygens (including phenoxy) is 2. The summed E-state index contributed by atoms with van der Waals surface area (Å²) >= 11 is 1.10. The number of carbonyl (C=O) groups excluding carboxylic acids is 1. The summed E-state index contributed by atoms with van der Waals surface area (Å²) in [5, 5.41) is 2.82. The molecule has 192 valence electrons. The number of carbonyl (C=O) groups is 1. The van der Waals surface area contributed by atoms with Crippen molar-refractivity contribution in [3.05, 3.63) is 75.9 Å². The Morgan fingerprint density at radius 1 is 1.14 bits per heavy atom. The molecule has 5 rings (SSSR count). The van der Waals surface area contributed by atoms with Crippen LogP contribution in [0.5, 0.6) is 11.5 Å². The first-order valence-electron chi connectivity index (χ1n) is 11.6. The molecule has 2 heterocycles. The van der Waals surface area contributed by atoms with E-state index in [-0.39, 0.29) is 16.3 Å². The van der Waals surface area contributed by atoms with Crippen LogP contribution < -0.4 is 24.0 Å². The Morgan fingerprint density at radius 2 is 1.89 bits per heavy atom. The highest BCUT2D eigenvalue weighted by Gasteiger charge is 2.37. The van der Waals surface area contributed by atoms with Crippen molar-refractivity contribution < 1.29 is 22.7 Å². The van der Waals surface area contributed by atoms with Gasteiger partial charge in [0.15, 0.2) is 6.10 Å². The fraction of sp³-hybridized carbons (Fsp3) is 0.231. The summed E-state index contributed by atoms with van der Waals surface area (Å²) in [7, 11) is -2.50. The molecule has 37 heavy (non-hydrogen) atoms. The highest BCUT2D eigenvalue weighted by atomic mass is 32.2. The molecule has 3 aromatic carbocycles. The fourth-order valence-corrected chi connectivity index (χ4v) is 6.74. The number of fused-ring (bicyclic) bond motifs is 2. The Morgan fingerprint density at radius 3 is 2.59 bits per heavy atom. The number of anilines is 2. The molecular formula is C26H25N3O6S2. The van der Waals surface area contributed by atoms with Gasteiger partial charge in [0, 0.05) is 12.2 Å². The lowest BCUT2D eigenvalue weighted by atomic mass is 10.1. The molecule has 1 N–H and O–H groups in total. The van der Waals surface area contributed by atoms with E-state index in [4.69, 9.17) is 9.47 Å². The topological polar surface area (TPSA) is 107 Å². The third-order valence-corrected chi connectivity index (χ3v) is 8.91. The minimum atomic E-state index is -4.00. The molecule has 11 heteroatoms. The van der Waals surface area contributed by atoms with Crippen molar-refractivity contribution in [1.82, 2.24) is 4.57 Å². The van der Waals surface area contributed by atoms with E-state index >= 15 is 0 Å². The Hall–Kier alpha value is -3.83. The lowest BCUT2D eigenvalue weighted by Crippen LogP contribution is -2.48. The van der Waals surface area contributed by atoms with Gasteiger partial charge in [-0.2, -0.15) is 0 Å². The van der Waals surface area contributed by atoms with Gasteiger partial charge in [0.05, 0.1) is 34.5 Å². The van der Waals surface area contributed by atoms with E-state index in [1.807, 2.05) is 13.8 Å². The number of aryl methyl sites for hydroxylation is 2. The second-order valence-electron chi connectivity index (χ2n) is 8.57. The van der Waals surface area contributed by atoms with Crippen LogP contribution in [0.2, 0.25) is 0 Å². The average molecular weight is 540 g/mol. The van der Waals surface area contributed by atoms with Crippen LogP contribution in [0.25, 0.3) is 10.2 Å². The van der Waals surface area contributed by atoms with Crippen LogP contribution >= 0.6 is 11.3 Å². The predicted octanol–water partition coefficient (Wildman–Crippen LogP) is 3.99. The summed E-state index contributed by atoms with van der Waals surface area (Å²) in [6.45, 7) is 4.10. The summed E-state index contributed by atoms with van der Waals surface area (Å²) in [6.07, 6.45) is -1.10. The molecule has 1 unspecified atom stereocenters. The summed E-state index contributed by atoms with van der Waals surface area (Å²) < 4.78 is 42.0. The smallest absolute Gasteiger partial charge is 0.308 e. The van der Waals surface area contributed by atoms with Crippen molar-refractivity contribution in [1.29, 1.82) is 0 Å². The zero-order chi connectivity index (χ0) is 26.3. The number of benzene rings is 3. The molecule has 0 spiro atoms. The van der Waals surface area contributed by atoms with Crippen molar-refractivity contribution >= 4 is 48.9 Å². The molecule has 1 aliphatic heterocycles. The average Bonchev–Trinajstić information content (AvgIpc) is 3.21. The fourth-order valence-electron chi connectivity index (χ4n) is 4.27. The first-order valence-corrected chi connectivity index (χ1v) is 13.9. The number of sulfonamides is 1. The Balaban J connectivity index is 1.46. The number of hydrogen-bond donors (Lipinski definition) is 1. The van der Waals surface area contributed by atoms with Gasteiger partial charge in [-0.25, -0.2) is 8.42 Å². The Bertz CT molecular complexity index is 1660. The van der Waals surface area contributed by atoms with Gasteiger partial charge >= 0.3 is 4.87 Å². The Kier molecular flexibility index (Phi) is 6.42. The van der Waals surface area contributed by atoms with Crippen molar-refractivity contribution in [3.63, 3.8) is 0 Å². The quantitative estimate of drug-likeness (QED) is 0.397. The molecule has 9 nitrogen and oxygen atoms in total. The maximum Gasteiger partial charge on any atom is 0.308 e. The molecule has 1 atom stereocenters. The highest BCUT2D eigenvalue weighted by Crippen LogP contribution is 2.38. The maximum absolute atomic E-state index is 13.6. The number of hydrogen-bond acceptors (Lipinski definition) is 7. The summed E-state index contributed by atoms with van der Waals surface area (Å²) in [6, 6.07) is 16.5. The molecule has 0 saturated carbocycles. The number of nitrogens with one attached hydrogen (secondary N) is 1. The molecule has 1 aliphatic rings. The molecule has 0 saturated heterocycles. The van der Waals surface area contributed by atoms with E-state index in [1.54, 1.807) is 53.1 Å². The molecule has 0 fully saturated rings. The standard InChI is InChI=1S/C26H25N3O6S2/c1-4-28-21-12-6-17(14-24(21)36-26(28)31)27-25(30)23-15-29(20-11-5-16(2)13-22(20)35-23)37(32,33)19-9-7-18(34-3)8-10-19/h5-14,23H,4,15H2,1-3H3,(H,27,30). The molecular weight excluding hydrogens is 514 g/mol. The Labute approximate surface area is 217 Å². The number of rotatable bonds is 6. The largest absolute Gasteiger partial charge is 0.497 e. The third kappa shape index (κ3) is 4.56.